The Bertz CT molecular complexity index is 420. The highest BCUT2D eigenvalue weighted by Gasteiger charge is 2.38. The molecule has 3 rings (SSSR count). The molecule has 2 aliphatic heterocycles. The molecule has 3 heterocycles. The van der Waals surface area contributed by atoms with Crippen LogP contribution in [0.4, 0.5) is 5.95 Å². The Kier molecular flexibility index (Phi) is 4.58. The maximum absolute atomic E-state index is 5.37. The Morgan fingerprint density at radius 3 is 3.20 bits per heavy atom. The molecule has 0 aliphatic carbocycles. The summed E-state index contributed by atoms with van der Waals surface area (Å²) >= 11 is 0. The molecule has 2 fully saturated rings. The second-order valence-corrected chi connectivity index (χ2v) is 5.74. The first-order chi connectivity index (χ1) is 9.90. The van der Waals surface area contributed by atoms with Gasteiger partial charge < -0.3 is 14.6 Å². The maximum atomic E-state index is 5.37. The van der Waals surface area contributed by atoms with Crippen LogP contribution >= 0.6 is 0 Å². The largest absolute Gasteiger partial charge is 0.382 e. The quantitative estimate of drug-likeness (QED) is 0.776. The van der Waals surface area contributed by atoms with Gasteiger partial charge in [-0.3, -0.25) is 4.90 Å². The van der Waals surface area contributed by atoms with Crippen molar-refractivity contribution in [2.45, 2.75) is 44.7 Å². The number of imidazole rings is 1. The molecule has 2 aliphatic rings. The van der Waals surface area contributed by atoms with E-state index in [2.05, 4.69) is 26.0 Å². The minimum atomic E-state index is 0.606. The molecule has 5 nitrogen and oxygen atoms in total. The maximum Gasteiger partial charge on any atom is 0.203 e. The fourth-order valence-electron chi connectivity index (χ4n) is 3.62. The third kappa shape index (κ3) is 2.83. The van der Waals surface area contributed by atoms with Crippen LogP contribution in [0.3, 0.4) is 0 Å². The minimum absolute atomic E-state index is 0.606. The van der Waals surface area contributed by atoms with E-state index in [4.69, 9.17) is 4.74 Å². The highest BCUT2D eigenvalue weighted by atomic mass is 16.5. The number of ether oxygens (including phenoxy) is 1. The van der Waals surface area contributed by atoms with Gasteiger partial charge in [-0.05, 0) is 39.2 Å². The summed E-state index contributed by atoms with van der Waals surface area (Å²) in [7, 11) is 0. The highest BCUT2D eigenvalue weighted by molar-refractivity contribution is 5.27. The van der Waals surface area contributed by atoms with Gasteiger partial charge in [0.1, 0.15) is 0 Å². The predicted molar refractivity (Wildman–Crippen MR) is 80.1 cm³/mol. The monoisotopic (exact) mass is 278 g/mol. The Hall–Kier alpha value is -1.07. The van der Waals surface area contributed by atoms with Gasteiger partial charge in [-0.15, -0.1) is 0 Å². The zero-order valence-corrected chi connectivity index (χ0v) is 12.4. The lowest BCUT2D eigenvalue weighted by molar-refractivity contribution is 0.147. The van der Waals surface area contributed by atoms with Crippen LogP contribution in [0.25, 0.3) is 0 Å². The lowest BCUT2D eigenvalue weighted by atomic mass is 10.1. The molecule has 0 amide bonds. The van der Waals surface area contributed by atoms with Crippen molar-refractivity contribution in [1.82, 2.24) is 14.5 Å². The second-order valence-electron chi connectivity index (χ2n) is 5.74. The van der Waals surface area contributed by atoms with Crippen LogP contribution in [0.2, 0.25) is 0 Å². The van der Waals surface area contributed by atoms with Gasteiger partial charge >= 0.3 is 0 Å². The standard InChI is InChI=1S/C15H26N4O/c1-2-20-12-4-7-16-15-17-8-11-19(15)14-6-10-18-9-3-5-13(14)18/h8,11,13-14H,2-7,9-10,12H2,1H3,(H,16,17). The Labute approximate surface area is 121 Å². The summed E-state index contributed by atoms with van der Waals surface area (Å²) < 4.78 is 7.72. The average Bonchev–Trinajstić information content (AvgIpc) is 3.13. The Morgan fingerprint density at radius 1 is 1.35 bits per heavy atom. The van der Waals surface area contributed by atoms with Crippen LogP contribution in [-0.4, -0.2) is 53.3 Å². The molecule has 1 aromatic rings. The van der Waals surface area contributed by atoms with Gasteiger partial charge in [-0.2, -0.15) is 0 Å². The first-order valence-corrected chi connectivity index (χ1v) is 7.98. The number of rotatable bonds is 7. The highest BCUT2D eigenvalue weighted by Crippen LogP contribution is 2.37. The SMILES string of the molecule is CCOCCCNc1nccn1C1CCN2CCCC12. The fraction of sp³-hybridized carbons (Fsp3) is 0.800. The van der Waals surface area contributed by atoms with Gasteiger partial charge in [0.25, 0.3) is 0 Å². The van der Waals surface area contributed by atoms with E-state index < -0.39 is 0 Å². The molecule has 1 aromatic heterocycles. The second kappa shape index (κ2) is 6.59. The number of anilines is 1. The predicted octanol–water partition coefficient (Wildman–Crippen LogP) is 2.13. The fourth-order valence-corrected chi connectivity index (χ4v) is 3.62. The molecular weight excluding hydrogens is 252 g/mol. The molecule has 112 valence electrons. The molecule has 0 aromatic carbocycles. The van der Waals surface area contributed by atoms with Crippen molar-refractivity contribution in [3.05, 3.63) is 12.4 Å². The van der Waals surface area contributed by atoms with Crippen molar-refractivity contribution in [2.75, 3.05) is 38.2 Å². The summed E-state index contributed by atoms with van der Waals surface area (Å²) in [6, 6.07) is 1.34. The van der Waals surface area contributed by atoms with E-state index in [1.807, 2.05) is 13.1 Å². The van der Waals surface area contributed by atoms with Crippen LogP contribution in [-0.2, 0) is 4.74 Å². The molecule has 2 atom stereocenters. The summed E-state index contributed by atoms with van der Waals surface area (Å²) in [5.74, 6) is 1.03. The average molecular weight is 278 g/mol. The van der Waals surface area contributed by atoms with E-state index in [1.54, 1.807) is 0 Å². The third-order valence-electron chi connectivity index (χ3n) is 4.55. The zero-order valence-electron chi connectivity index (χ0n) is 12.4. The number of hydrogen-bond acceptors (Lipinski definition) is 4. The number of fused-ring (bicyclic) bond motifs is 1. The van der Waals surface area contributed by atoms with Crippen LogP contribution in [0.1, 0.15) is 38.6 Å². The summed E-state index contributed by atoms with van der Waals surface area (Å²) in [6.45, 7) is 7.12. The van der Waals surface area contributed by atoms with Gasteiger partial charge in [-0.1, -0.05) is 0 Å². The van der Waals surface area contributed by atoms with Crippen molar-refractivity contribution in [2.24, 2.45) is 0 Å². The summed E-state index contributed by atoms with van der Waals surface area (Å²) in [5, 5.41) is 3.46. The van der Waals surface area contributed by atoms with Crippen LogP contribution in [0, 0.1) is 0 Å². The number of nitrogens with zero attached hydrogens (tertiary/aromatic N) is 3. The van der Waals surface area contributed by atoms with Crippen molar-refractivity contribution in [3.8, 4) is 0 Å². The van der Waals surface area contributed by atoms with Crippen molar-refractivity contribution >= 4 is 5.95 Å². The van der Waals surface area contributed by atoms with Crippen molar-refractivity contribution in [1.29, 1.82) is 0 Å². The molecular formula is C15H26N4O. The van der Waals surface area contributed by atoms with E-state index in [0.717, 1.165) is 38.2 Å². The molecule has 2 saturated heterocycles. The van der Waals surface area contributed by atoms with Crippen molar-refractivity contribution in [3.63, 3.8) is 0 Å². The lowest BCUT2D eigenvalue weighted by Gasteiger charge is -2.23. The van der Waals surface area contributed by atoms with E-state index in [1.165, 1.54) is 32.4 Å². The molecule has 1 N–H and O–H groups in total. The Balaban J connectivity index is 1.56. The molecule has 20 heavy (non-hydrogen) atoms. The van der Waals surface area contributed by atoms with E-state index in [-0.39, 0.29) is 0 Å². The van der Waals surface area contributed by atoms with Crippen LogP contribution in [0.15, 0.2) is 12.4 Å². The lowest BCUT2D eigenvalue weighted by Crippen LogP contribution is -2.28. The van der Waals surface area contributed by atoms with Gasteiger partial charge in [-0.25, -0.2) is 4.98 Å². The van der Waals surface area contributed by atoms with Gasteiger partial charge in [0.2, 0.25) is 5.95 Å². The van der Waals surface area contributed by atoms with Gasteiger partial charge in [0, 0.05) is 44.7 Å². The topological polar surface area (TPSA) is 42.3 Å². The van der Waals surface area contributed by atoms with Crippen LogP contribution < -0.4 is 5.32 Å². The normalized spacial score (nSPS) is 26.1. The number of hydrogen-bond donors (Lipinski definition) is 1. The first-order valence-electron chi connectivity index (χ1n) is 7.98. The summed E-state index contributed by atoms with van der Waals surface area (Å²) in [5.41, 5.74) is 0. The smallest absolute Gasteiger partial charge is 0.203 e. The molecule has 0 spiro atoms. The third-order valence-corrected chi connectivity index (χ3v) is 4.55. The summed E-state index contributed by atoms with van der Waals surface area (Å²) in [4.78, 5) is 7.13. The molecule has 5 heteroatoms. The molecule has 0 radical (unpaired) electrons. The van der Waals surface area contributed by atoms with Gasteiger partial charge in [0.05, 0.1) is 6.04 Å². The molecule has 0 saturated carbocycles. The van der Waals surface area contributed by atoms with Crippen molar-refractivity contribution < 1.29 is 4.74 Å². The molecule has 2 unspecified atom stereocenters. The number of aromatic nitrogens is 2. The van der Waals surface area contributed by atoms with E-state index in [9.17, 15) is 0 Å². The first kappa shape index (κ1) is 13.9. The summed E-state index contributed by atoms with van der Waals surface area (Å²) in [6.07, 6.45) is 9.04. The number of nitrogens with one attached hydrogen (secondary N) is 1. The van der Waals surface area contributed by atoms with E-state index in [0.29, 0.717) is 6.04 Å². The Morgan fingerprint density at radius 2 is 2.30 bits per heavy atom. The van der Waals surface area contributed by atoms with Gasteiger partial charge in [0.15, 0.2) is 0 Å². The molecule has 0 bridgehead atoms. The van der Waals surface area contributed by atoms with Crippen LogP contribution in [0.5, 0.6) is 0 Å². The zero-order chi connectivity index (χ0) is 13.8. The van der Waals surface area contributed by atoms with E-state index >= 15 is 0 Å². The minimum Gasteiger partial charge on any atom is -0.382 e.